The lowest BCUT2D eigenvalue weighted by Gasteiger charge is -2.04. The first-order chi connectivity index (χ1) is 6.29. The molecule has 0 aliphatic carbocycles. The van der Waals surface area contributed by atoms with Crippen LogP contribution in [-0.2, 0) is 6.42 Å². The zero-order valence-corrected chi connectivity index (χ0v) is 9.31. The van der Waals surface area contributed by atoms with Gasteiger partial charge in [0.1, 0.15) is 0 Å². The number of hydrogen-bond donors (Lipinski definition) is 0. The Labute approximate surface area is 85.7 Å². The molecule has 0 aromatic heterocycles. The van der Waals surface area contributed by atoms with E-state index in [1.54, 1.807) is 0 Å². The van der Waals surface area contributed by atoms with E-state index in [-0.39, 0.29) is 0 Å². The molecule has 0 saturated carbocycles. The molecule has 0 radical (unpaired) electrons. The average Bonchev–Trinajstić information content (AvgIpc) is 2.14. The molecule has 13 heavy (non-hydrogen) atoms. The van der Waals surface area contributed by atoms with Gasteiger partial charge in [-0.25, -0.2) is 0 Å². The summed E-state index contributed by atoms with van der Waals surface area (Å²) in [6.45, 7) is 4.55. The minimum Gasteiger partial charge on any atom is -0.161 e. The molecule has 0 fully saturated rings. The molecule has 0 aliphatic heterocycles. The Morgan fingerprint density at radius 1 is 1.15 bits per heavy atom. The topological polar surface area (TPSA) is 0 Å². The maximum atomic E-state index is 2.27. The molecule has 1 heteroatoms. The lowest BCUT2D eigenvalue weighted by molar-refractivity contribution is 0.750. The fourth-order valence-electron chi connectivity index (χ4n) is 1.15. The minimum atomic E-state index is 0.820. The van der Waals surface area contributed by atoms with Crippen LogP contribution in [0, 0.1) is 5.92 Å². The van der Waals surface area contributed by atoms with Gasteiger partial charge in [0.05, 0.1) is 0 Å². The highest BCUT2D eigenvalue weighted by molar-refractivity contribution is 7.99. The zero-order valence-electron chi connectivity index (χ0n) is 8.49. The summed E-state index contributed by atoms with van der Waals surface area (Å²) in [5.41, 5.74) is 1.46. The summed E-state index contributed by atoms with van der Waals surface area (Å²) < 4.78 is 0. The van der Waals surface area contributed by atoms with Gasteiger partial charge in [-0.05, 0) is 29.4 Å². The van der Waals surface area contributed by atoms with Crippen LogP contribution in [0.3, 0.4) is 0 Å². The molecule has 0 aliphatic rings. The fraction of sp³-hybridized carbons (Fsp3) is 0.500. The Bertz CT molecular complexity index is 216. The van der Waals surface area contributed by atoms with E-state index >= 15 is 0 Å². The zero-order chi connectivity index (χ0) is 9.52. The van der Waals surface area contributed by atoms with Crippen LogP contribution in [0.15, 0.2) is 30.3 Å². The normalized spacial score (nSPS) is 10.7. The van der Waals surface area contributed by atoms with Gasteiger partial charge in [-0.1, -0.05) is 44.2 Å². The second kappa shape index (κ2) is 6.09. The quantitative estimate of drug-likeness (QED) is 0.645. The third-order valence-corrected chi connectivity index (χ3v) is 3.22. The molecule has 0 amide bonds. The summed E-state index contributed by atoms with van der Waals surface area (Å²) >= 11 is 2.06. The van der Waals surface area contributed by atoms with Crippen LogP contribution in [-0.4, -0.2) is 11.5 Å². The van der Waals surface area contributed by atoms with Gasteiger partial charge in [0.15, 0.2) is 0 Å². The van der Waals surface area contributed by atoms with E-state index < -0.39 is 0 Å². The lowest BCUT2D eigenvalue weighted by atomic mass is 10.2. The first kappa shape index (κ1) is 10.6. The summed E-state index contributed by atoms with van der Waals surface area (Å²) in [6.07, 6.45) is 1.21. The number of benzene rings is 1. The molecule has 0 nitrogen and oxygen atoms in total. The Hall–Kier alpha value is -0.430. The Balaban J connectivity index is 2.13. The van der Waals surface area contributed by atoms with Crippen molar-refractivity contribution in [3.8, 4) is 0 Å². The molecule has 0 unspecified atom stereocenters. The molecular formula is C12H18S. The summed E-state index contributed by atoms with van der Waals surface area (Å²) in [4.78, 5) is 0. The smallest absolute Gasteiger partial charge is 0.00269 e. The maximum absolute atomic E-state index is 2.27. The van der Waals surface area contributed by atoms with Gasteiger partial charge < -0.3 is 0 Å². The van der Waals surface area contributed by atoms with Crippen LogP contribution in [0.5, 0.6) is 0 Å². The van der Waals surface area contributed by atoms with Gasteiger partial charge in [-0.15, -0.1) is 0 Å². The molecule has 0 atom stereocenters. The highest BCUT2D eigenvalue weighted by Gasteiger charge is 1.95. The second-order valence-electron chi connectivity index (χ2n) is 3.70. The molecular weight excluding hydrogens is 176 g/mol. The standard InChI is InChI=1S/C12H18S/c1-11(2)10-13-9-8-12-6-4-3-5-7-12/h3-7,11H,8-10H2,1-2H3. The molecule has 1 rings (SSSR count). The van der Waals surface area contributed by atoms with E-state index in [0.717, 1.165) is 5.92 Å². The van der Waals surface area contributed by atoms with Crippen molar-refractivity contribution in [3.63, 3.8) is 0 Å². The largest absolute Gasteiger partial charge is 0.161 e. The predicted octanol–water partition coefficient (Wildman–Crippen LogP) is 3.62. The third kappa shape index (κ3) is 4.99. The Kier molecular flexibility index (Phi) is 4.99. The van der Waals surface area contributed by atoms with E-state index in [1.165, 1.54) is 23.5 Å². The Morgan fingerprint density at radius 2 is 1.85 bits per heavy atom. The van der Waals surface area contributed by atoms with Crippen molar-refractivity contribution in [2.75, 3.05) is 11.5 Å². The van der Waals surface area contributed by atoms with E-state index in [1.807, 2.05) is 0 Å². The van der Waals surface area contributed by atoms with Crippen LogP contribution in [0.1, 0.15) is 19.4 Å². The molecule has 0 N–H and O–H groups in total. The van der Waals surface area contributed by atoms with Crippen molar-refractivity contribution < 1.29 is 0 Å². The van der Waals surface area contributed by atoms with Crippen molar-refractivity contribution in [1.82, 2.24) is 0 Å². The number of aryl methyl sites for hydroxylation is 1. The van der Waals surface area contributed by atoms with Crippen LogP contribution in [0.4, 0.5) is 0 Å². The average molecular weight is 194 g/mol. The van der Waals surface area contributed by atoms with Crippen LogP contribution < -0.4 is 0 Å². The third-order valence-electron chi connectivity index (χ3n) is 1.83. The van der Waals surface area contributed by atoms with Gasteiger partial charge in [0.2, 0.25) is 0 Å². The molecule has 1 aromatic carbocycles. The van der Waals surface area contributed by atoms with Gasteiger partial charge in [0, 0.05) is 0 Å². The van der Waals surface area contributed by atoms with E-state index in [9.17, 15) is 0 Å². The number of hydrogen-bond acceptors (Lipinski definition) is 1. The van der Waals surface area contributed by atoms with Crippen LogP contribution >= 0.6 is 11.8 Å². The molecule has 0 saturated heterocycles. The van der Waals surface area contributed by atoms with Crippen LogP contribution in [0.25, 0.3) is 0 Å². The van der Waals surface area contributed by atoms with Crippen molar-refractivity contribution in [3.05, 3.63) is 35.9 Å². The SMILES string of the molecule is CC(C)CSCCc1ccccc1. The summed E-state index contributed by atoms with van der Waals surface area (Å²) in [5.74, 6) is 3.36. The first-order valence-corrected chi connectivity index (χ1v) is 6.06. The van der Waals surface area contributed by atoms with Crippen molar-refractivity contribution in [1.29, 1.82) is 0 Å². The maximum Gasteiger partial charge on any atom is -0.00269 e. The van der Waals surface area contributed by atoms with Crippen molar-refractivity contribution in [2.45, 2.75) is 20.3 Å². The monoisotopic (exact) mass is 194 g/mol. The summed E-state index contributed by atoms with van der Waals surface area (Å²) in [6, 6.07) is 10.7. The highest BCUT2D eigenvalue weighted by Crippen LogP contribution is 2.10. The molecule has 0 heterocycles. The highest BCUT2D eigenvalue weighted by atomic mass is 32.2. The van der Waals surface area contributed by atoms with E-state index in [4.69, 9.17) is 0 Å². The van der Waals surface area contributed by atoms with Gasteiger partial charge in [0.25, 0.3) is 0 Å². The second-order valence-corrected chi connectivity index (χ2v) is 4.85. The van der Waals surface area contributed by atoms with Crippen LogP contribution in [0.2, 0.25) is 0 Å². The van der Waals surface area contributed by atoms with Crippen molar-refractivity contribution in [2.24, 2.45) is 5.92 Å². The predicted molar refractivity (Wildman–Crippen MR) is 62.3 cm³/mol. The molecule has 1 aromatic rings. The van der Waals surface area contributed by atoms with Gasteiger partial charge in [-0.3, -0.25) is 0 Å². The summed E-state index contributed by atoms with van der Waals surface area (Å²) in [7, 11) is 0. The molecule has 72 valence electrons. The van der Waals surface area contributed by atoms with E-state index in [0.29, 0.717) is 0 Å². The van der Waals surface area contributed by atoms with Gasteiger partial charge in [-0.2, -0.15) is 11.8 Å². The van der Waals surface area contributed by atoms with Crippen molar-refractivity contribution >= 4 is 11.8 Å². The fourth-order valence-corrected chi connectivity index (χ4v) is 2.17. The summed E-state index contributed by atoms with van der Waals surface area (Å²) in [5, 5.41) is 0. The van der Waals surface area contributed by atoms with E-state index in [2.05, 4.69) is 55.9 Å². The number of rotatable bonds is 5. The van der Waals surface area contributed by atoms with Gasteiger partial charge >= 0.3 is 0 Å². The molecule has 0 bridgehead atoms. The number of thioether (sulfide) groups is 1. The molecule has 0 spiro atoms. The lowest BCUT2D eigenvalue weighted by Crippen LogP contribution is -1.94. The first-order valence-electron chi connectivity index (χ1n) is 4.90. The minimum absolute atomic E-state index is 0.820. The Morgan fingerprint density at radius 3 is 2.46 bits per heavy atom.